The second kappa shape index (κ2) is 7.59. The molecule has 1 heterocycles. The lowest BCUT2D eigenvalue weighted by Crippen LogP contribution is -2.09. The molecule has 6 nitrogen and oxygen atoms in total. The first-order valence-corrected chi connectivity index (χ1v) is 9.00. The summed E-state index contributed by atoms with van der Waals surface area (Å²) >= 11 is 0. The van der Waals surface area contributed by atoms with Gasteiger partial charge in [0.2, 0.25) is 0 Å². The number of aliphatic carboxylic acids is 1. The molecule has 2 aromatic carbocycles. The molecule has 1 aliphatic carbocycles. The fraction of sp³-hybridized carbons (Fsp3) is 0.0870. The van der Waals surface area contributed by atoms with Crippen molar-refractivity contribution in [1.29, 1.82) is 0 Å². The van der Waals surface area contributed by atoms with Crippen LogP contribution in [0.25, 0.3) is 22.6 Å². The van der Waals surface area contributed by atoms with Gasteiger partial charge in [0.1, 0.15) is 17.1 Å². The van der Waals surface area contributed by atoms with E-state index in [4.69, 9.17) is 14.3 Å². The van der Waals surface area contributed by atoms with Gasteiger partial charge in [-0.1, -0.05) is 30.3 Å². The van der Waals surface area contributed by atoms with Crippen molar-refractivity contribution < 1.29 is 23.8 Å². The van der Waals surface area contributed by atoms with Crippen molar-refractivity contribution in [3.8, 4) is 5.75 Å². The van der Waals surface area contributed by atoms with Crippen LogP contribution in [0.1, 0.15) is 23.3 Å². The summed E-state index contributed by atoms with van der Waals surface area (Å²) in [6, 6.07) is 14.3. The van der Waals surface area contributed by atoms with Gasteiger partial charge in [-0.2, -0.15) is 0 Å². The Morgan fingerprint density at radius 1 is 1.03 bits per heavy atom. The summed E-state index contributed by atoms with van der Waals surface area (Å²) in [6.07, 6.45) is 4.83. The summed E-state index contributed by atoms with van der Waals surface area (Å²) in [6.45, 7) is 0. The molecular weight excluding hydrogens is 372 g/mol. The monoisotopic (exact) mass is 388 g/mol. The van der Waals surface area contributed by atoms with Gasteiger partial charge in [0.05, 0.1) is 5.39 Å². The number of ether oxygens (including phenoxy) is 1. The highest BCUT2D eigenvalue weighted by Gasteiger charge is 2.24. The smallest absolute Gasteiger partial charge is 0.336 e. The number of carboxylic acid groups (broad SMARTS) is 1. The minimum atomic E-state index is -1.25. The van der Waals surface area contributed by atoms with E-state index in [0.717, 1.165) is 17.2 Å². The maximum absolute atomic E-state index is 12.9. The number of rotatable bonds is 4. The molecule has 0 atom stereocenters. The third-order valence-electron chi connectivity index (χ3n) is 4.61. The molecule has 1 aliphatic rings. The number of allylic oxidation sites excluding steroid dienone is 1. The van der Waals surface area contributed by atoms with Crippen LogP contribution in [-0.2, 0) is 16.0 Å². The highest BCUT2D eigenvalue weighted by atomic mass is 16.5. The molecular formula is C23H16O6. The highest BCUT2D eigenvalue weighted by Crippen LogP contribution is 2.34. The normalized spacial score (nSPS) is 14.4. The Labute approximate surface area is 165 Å². The Bertz CT molecular complexity index is 1230. The van der Waals surface area contributed by atoms with Crippen molar-refractivity contribution in [3.05, 3.63) is 87.8 Å². The van der Waals surface area contributed by atoms with Gasteiger partial charge < -0.3 is 14.3 Å². The Balaban J connectivity index is 1.72. The minimum Gasteiger partial charge on any atom is -0.478 e. The fourth-order valence-electron chi connectivity index (χ4n) is 3.31. The van der Waals surface area contributed by atoms with Crippen molar-refractivity contribution >= 4 is 34.6 Å². The maximum atomic E-state index is 12.9. The van der Waals surface area contributed by atoms with Crippen LogP contribution >= 0.6 is 0 Å². The molecule has 0 amide bonds. The zero-order valence-corrected chi connectivity index (χ0v) is 15.3. The molecule has 29 heavy (non-hydrogen) atoms. The Morgan fingerprint density at radius 3 is 2.59 bits per heavy atom. The van der Waals surface area contributed by atoms with Crippen LogP contribution in [0.3, 0.4) is 0 Å². The summed E-state index contributed by atoms with van der Waals surface area (Å²) in [5, 5.41) is 8.98. The molecule has 0 radical (unpaired) electrons. The average molecular weight is 388 g/mol. The van der Waals surface area contributed by atoms with Crippen LogP contribution in [0, 0.1) is 0 Å². The molecule has 0 fully saturated rings. The molecule has 0 unspecified atom stereocenters. The fourth-order valence-corrected chi connectivity index (χ4v) is 3.31. The minimum absolute atomic E-state index is 0.0960. The van der Waals surface area contributed by atoms with Crippen molar-refractivity contribution in [2.45, 2.75) is 12.8 Å². The lowest BCUT2D eigenvalue weighted by molar-refractivity contribution is -0.133. The first kappa shape index (κ1) is 18.4. The van der Waals surface area contributed by atoms with Gasteiger partial charge >= 0.3 is 11.9 Å². The van der Waals surface area contributed by atoms with Crippen LogP contribution in [0.4, 0.5) is 0 Å². The van der Waals surface area contributed by atoms with E-state index in [-0.39, 0.29) is 11.2 Å². The standard InChI is InChI=1S/C23H16O6/c24-20(25)10-11-21(26)28-16-7-9-17-19(13-16)29-23-15(6-8-18(23)22(17)27)12-14-4-2-1-3-5-14/h1-5,7,9-13H,6,8H2,(H,24,25)/b11-10-,15-12?. The molecule has 0 aliphatic heterocycles. The number of carboxylic acids is 1. The van der Waals surface area contributed by atoms with Crippen LogP contribution in [-0.4, -0.2) is 17.0 Å². The summed E-state index contributed by atoms with van der Waals surface area (Å²) < 4.78 is 11.1. The molecule has 0 saturated heterocycles. The van der Waals surface area contributed by atoms with Crippen LogP contribution < -0.4 is 10.2 Å². The van der Waals surface area contributed by atoms with E-state index in [0.29, 0.717) is 41.2 Å². The van der Waals surface area contributed by atoms with E-state index in [2.05, 4.69) is 0 Å². The van der Waals surface area contributed by atoms with E-state index >= 15 is 0 Å². The van der Waals surface area contributed by atoms with Crippen LogP contribution in [0.2, 0.25) is 0 Å². The topological polar surface area (TPSA) is 93.8 Å². The first-order valence-electron chi connectivity index (χ1n) is 9.00. The van der Waals surface area contributed by atoms with Gasteiger partial charge in [-0.3, -0.25) is 4.79 Å². The predicted molar refractivity (Wildman–Crippen MR) is 108 cm³/mol. The maximum Gasteiger partial charge on any atom is 0.336 e. The Kier molecular flexibility index (Phi) is 4.83. The van der Waals surface area contributed by atoms with E-state index in [1.165, 1.54) is 12.1 Å². The van der Waals surface area contributed by atoms with E-state index in [1.807, 2.05) is 36.4 Å². The lowest BCUT2D eigenvalue weighted by atomic mass is 10.1. The van der Waals surface area contributed by atoms with Crippen molar-refractivity contribution in [2.24, 2.45) is 0 Å². The summed E-state index contributed by atoms with van der Waals surface area (Å²) in [5.74, 6) is -1.37. The lowest BCUT2D eigenvalue weighted by Gasteiger charge is -2.06. The van der Waals surface area contributed by atoms with Gasteiger partial charge in [0, 0.05) is 23.8 Å². The number of benzene rings is 2. The largest absolute Gasteiger partial charge is 0.478 e. The van der Waals surface area contributed by atoms with Gasteiger partial charge in [0.25, 0.3) is 0 Å². The van der Waals surface area contributed by atoms with Gasteiger partial charge in [0.15, 0.2) is 5.43 Å². The van der Waals surface area contributed by atoms with E-state index in [9.17, 15) is 14.4 Å². The molecule has 6 heteroatoms. The van der Waals surface area contributed by atoms with Gasteiger partial charge in [-0.05, 0) is 42.2 Å². The molecule has 0 saturated carbocycles. The Morgan fingerprint density at radius 2 is 1.83 bits per heavy atom. The third-order valence-corrected chi connectivity index (χ3v) is 4.61. The quantitative estimate of drug-likeness (QED) is 0.415. The highest BCUT2D eigenvalue weighted by molar-refractivity contribution is 5.92. The second-order valence-electron chi connectivity index (χ2n) is 6.57. The van der Waals surface area contributed by atoms with Crippen LogP contribution in [0.5, 0.6) is 5.75 Å². The zero-order chi connectivity index (χ0) is 20.4. The van der Waals surface area contributed by atoms with Crippen molar-refractivity contribution in [1.82, 2.24) is 0 Å². The van der Waals surface area contributed by atoms with E-state index in [1.54, 1.807) is 6.07 Å². The summed E-state index contributed by atoms with van der Waals surface area (Å²) in [4.78, 5) is 35.0. The molecule has 0 spiro atoms. The number of carbonyl (C=O) groups is 2. The second-order valence-corrected chi connectivity index (χ2v) is 6.57. The predicted octanol–water partition coefficient (Wildman–Crippen LogP) is 3.83. The zero-order valence-electron chi connectivity index (χ0n) is 15.3. The number of fused-ring (bicyclic) bond motifs is 2. The van der Waals surface area contributed by atoms with Crippen molar-refractivity contribution in [3.63, 3.8) is 0 Å². The van der Waals surface area contributed by atoms with Crippen LogP contribution in [0.15, 0.2) is 69.9 Å². The number of hydrogen-bond donors (Lipinski definition) is 1. The summed E-state index contributed by atoms with van der Waals surface area (Å²) in [5.41, 5.74) is 2.82. The SMILES string of the molecule is O=C(O)/C=C\C(=O)Oc1ccc2c(=O)c3c(oc2c1)C(=Cc1ccccc1)CC3. The van der Waals surface area contributed by atoms with E-state index < -0.39 is 11.9 Å². The number of esters is 1. The van der Waals surface area contributed by atoms with Gasteiger partial charge in [-0.25, -0.2) is 9.59 Å². The number of carbonyl (C=O) groups excluding carboxylic acids is 1. The molecule has 3 aromatic rings. The van der Waals surface area contributed by atoms with Crippen molar-refractivity contribution in [2.75, 3.05) is 0 Å². The average Bonchev–Trinajstić information content (AvgIpc) is 3.10. The molecule has 4 rings (SSSR count). The Hall–Kier alpha value is -3.93. The third kappa shape index (κ3) is 3.87. The van der Waals surface area contributed by atoms with Gasteiger partial charge in [-0.15, -0.1) is 0 Å². The molecule has 144 valence electrons. The number of hydrogen-bond acceptors (Lipinski definition) is 5. The molecule has 0 bridgehead atoms. The summed E-state index contributed by atoms with van der Waals surface area (Å²) in [7, 11) is 0. The molecule has 1 N–H and O–H groups in total. The first-order chi connectivity index (χ1) is 14.0. The molecule has 1 aromatic heterocycles.